The van der Waals surface area contributed by atoms with Crippen molar-refractivity contribution in [3.05, 3.63) is 11.8 Å². The van der Waals surface area contributed by atoms with Gasteiger partial charge >= 0.3 is 0 Å². The third kappa shape index (κ3) is 2.01. The lowest BCUT2D eigenvalue weighted by molar-refractivity contribution is -0.107. The fourth-order valence-corrected chi connectivity index (χ4v) is 1.38. The van der Waals surface area contributed by atoms with Crippen LogP contribution in [0.15, 0.2) is 16.8 Å². The molecule has 1 aliphatic heterocycles. The SMILES string of the molecule is CC(O)C1CC=NC=C1CC=O. The fourth-order valence-electron chi connectivity index (χ4n) is 1.38. The molecule has 0 aromatic rings. The van der Waals surface area contributed by atoms with Gasteiger partial charge in [-0.05, 0) is 18.9 Å². The highest BCUT2D eigenvalue weighted by Crippen LogP contribution is 2.23. The van der Waals surface area contributed by atoms with Gasteiger partial charge in [-0.15, -0.1) is 0 Å². The van der Waals surface area contributed by atoms with Crippen molar-refractivity contribution in [2.75, 3.05) is 0 Å². The summed E-state index contributed by atoms with van der Waals surface area (Å²) in [4.78, 5) is 14.2. The van der Waals surface area contributed by atoms with Crippen LogP contribution in [0, 0.1) is 5.92 Å². The van der Waals surface area contributed by atoms with E-state index in [1.54, 1.807) is 19.3 Å². The minimum absolute atomic E-state index is 0.0766. The largest absolute Gasteiger partial charge is 0.393 e. The molecule has 3 nitrogen and oxygen atoms in total. The zero-order valence-corrected chi connectivity index (χ0v) is 7.10. The second kappa shape index (κ2) is 4.16. The first kappa shape index (κ1) is 9.13. The van der Waals surface area contributed by atoms with Gasteiger partial charge in [0.15, 0.2) is 0 Å². The molecular weight excluding hydrogens is 154 g/mol. The summed E-state index contributed by atoms with van der Waals surface area (Å²) in [6.07, 6.45) is 5.01. The molecule has 0 radical (unpaired) electrons. The molecule has 1 heterocycles. The van der Waals surface area contributed by atoms with Gasteiger partial charge in [-0.2, -0.15) is 0 Å². The van der Waals surface area contributed by atoms with Gasteiger partial charge in [0.05, 0.1) is 6.10 Å². The van der Waals surface area contributed by atoms with Crippen molar-refractivity contribution in [2.45, 2.75) is 25.9 Å². The van der Waals surface area contributed by atoms with Crippen LogP contribution in [0.1, 0.15) is 19.8 Å². The molecule has 0 aromatic heterocycles. The zero-order valence-electron chi connectivity index (χ0n) is 7.10. The number of aliphatic hydroxyl groups excluding tert-OH is 1. The minimum atomic E-state index is -0.400. The molecule has 1 aliphatic rings. The van der Waals surface area contributed by atoms with Gasteiger partial charge in [-0.3, -0.25) is 4.99 Å². The monoisotopic (exact) mass is 167 g/mol. The van der Waals surface area contributed by atoms with Crippen LogP contribution in [-0.2, 0) is 4.79 Å². The van der Waals surface area contributed by atoms with E-state index in [0.717, 1.165) is 18.3 Å². The Hall–Kier alpha value is -0.960. The first-order valence-corrected chi connectivity index (χ1v) is 4.08. The normalized spacial score (nSPS) is 24.8. The average molecular weight is 167 g/mol. The van der Waals surface area contributed by atoms with Crippen LogP contribution in [0.25, 0.3) is 0 Å². The lowest BCUT2D eigenvalue weighted by Crippen LogP contribution is -2.21. The molecule has 0 aliphatic carbocycles. The molecule has 66 valence electrons. The summed E-state index contributed by atoms with van der Waals surface area (Å²) in [6, 6.07) is 0. The van der Waals surface area contributed by atoms with Crippen LogP contribution in [0.5, 0.6) is 0 Å². The number of rotatable bonds is 3. The summed E-state index contributed by atoms with van der Waals surface area (Å²) in [5.74, 6) is 0.0766. The highest BCUT2D eigenvalue weighted by molar-refractivity contribution is 5.63. The molecule has 3 heteroatoms. The van der Waals surface area contributed by atoms with Gasteiger partial charge in [-0.25, -0.2) is 0 Å². The smallest absolute Gasteiger partial charge is 0.124 e. The van der Waals surface area contributed by atoms with E-state index >= 15 is 0 Å². The number of aldehydes is 1. The van der Waals surface area contributed by atoms with Crippen LogP contribution < -0.4 is 0 Å². The Morgan fingerprint density at radius 3 is 3.25 bits per heavy atom. The maximum Gasteiger partial charge on any atom is 0.124 e. The van der Waals surface area contributed by atoms with Gasteiger partial charge in [0.2, 0.25) is 0 Å². The quantitative estimate of drug-likeness (QED) is 0.636. The molecule has 0 fully saturated rings. The summed E-state index contributed by atoms with van der Waals surface area (Å²) < 4.78 is 0. The lowest BCUT2D eigenvalue weighted by atomic mass is 9.89. The Morgan fingerprint density at radius 1 is 1.92 bits per heavy atom. The lowest BCUT2D eigenvalue weighted by Gasteiger charge is -2.21. The first-order valence-electron chi connectivity index (χ1n) is 4.08. The van der Waals surface area contributed by atoms with Gasteiger partial charge in [0, 0.05) is 24.8 Å². The predicted molar refractivity (Wildman–Crippen MR) is 47.0 cm³/mol. The Bertz CT molecular complexity index is 219. The van der Waals surface area contributed by atoms with Crippen molar-refractivity contribution in [3.8, 4) is 0 Å². The summed E-state index contributed by atoms with van der Waals surface area (Å²) in [5, 5.41) is 9.36. The maximum absolute atomic E-state index is 10.3. The number of hydrogen-bond acceptors (Lipinski definition) is 3. The molecular formula is C9H13NO2. The van der Waals surface area contributed by atoms with Crippen molar-refractivity contribution in [1.82, 2.24) is 0 Å². The zero-order chi connectivity index (χ0) is 8.97. The standard InChI is InChI=1S/C9H13NO2/c1-7(12)9-2-4-10-6-8(9)3-5-11/h4-7,9,12H,2-3H2,1H3. The average Bonchev–Trinajstić information content (AvgIpc) is 2.05. The van der Waals surface area contributed by atoms with Gasteiger partial charge in [0.1, 0.15) is 6.29 Å². The highest BCUT2D eigenvalue weighted by atomic mass is 16.3. The van der Waals surface area contributed by atoms with Gasteiger partial charge in [0.25, 0.3) is 0 Å². The van der Waals surface area contributed by atoms with Gasteiger partial charge < -0.3 is 9.90 Å². The Labute approximate surface area is 71.8 Å². The van der Waals surface area contributed by atoms with Crippen molar-refractivity contribution < 1.29 is 9.90 Å². The van der Waals surface area contributed by atoms with Crippen LogP contribution >= 0.6 is 0 Å². The second-order valence-electron chi connectivity index (χ2n) is 2.99. The van der Waals surface area contributed by atoms with E-state index in [4.69, 9.17) is 0 Å². The second-order valence-corrected chi connectivity index (χ2v) is 2.99. The number of carbonyl (C=O) groups is 1. The molecule has 0 bridgehead atoms. The van der Waals surface area contributed by atoms with Crippen LogP contribution in [0.2, 0.25) is 0 Å². The van der Waals surface area contributed by atoms with Gasteiger partial charge in [-0.1, -0.05) is 0 Å². The van der Waals surface area contributed by atoms with Crippen molar-refractivity contribution >= 4 is 12.5 Å². The molecule has 1 rings (SSSR count). The summed E-state index contributed by atoms with van der Waals surface area (Å²) in [6.45, 7) is 1.74. The molecule has 2 atom stereocenters. The van der Waals surface area contributed by atoms with E-state index < -0.39 is 6.10 Å². The van der Waals surface area contributed by atoms with Crippen LogP contribution in [-0.4, -0.2) is 23.7 Å². The Kier molecular flexibility index (Phi) is 3.17. The Morgan fingerprint density at radius 2 is 2.67 bits per heavy atom. The minimum Gasteiger partial charge on any atom is -0.393 e. The van der Waals surface area contributed by atoms with Crippen molar-refractivity contribution in [2.24, 2.45) is 10.9 Å². The number of aliphatic imine (C=N–C) groups is 1. The first-order chi connectivity index (χ1) is 5.75. The molecule has 1 N–H and O–H groups in total. The molecule has 12 heavy (non-hydrogen) atoms. The van der Waals surface area contributed by atoms with E-state index in [9.17, 15) is 9.90 Å². The number of aliphatic hydroxyl groups is 1. The number of carbonyl (C=O) groups excluding carboxylic acids is 1. The third-order valence-electron chi connectivity index (χ3n) is 2.08. The Balaban J connectivity index is 2.69. The van der Waals surface area contributed by atoms with E-state index in [1.165, 1.54) is 0 Å². The molecule has 0 saturated heterocycles. The molecule has 0 aromatic carbocycles. The van der Waals surface area contributed by atoms with E-state index in [-0.39, 0.29) is 5.92 Å². The van der Waals surface area contributed by atoms with E-state index in [0.29, 0.717) is 6.42 Å². The predicted octanol–water partition coefficient (Wildman–Crippen LogP) is 0.931. The number of nitrogens with zero attached hydrogens (tertiary/aromatic N) is 1. The fraction of sp³-hybridized carbons (Fsp3) is 0.556. The maximum atomic E-state index is 10.3. The molecule has 0 amide bonds. The van der Waals surface area contributed by atoms with Crippen molar-refractivity contribution in [3.63, 3.8) is 0 Å². The van der Waals surface area contributed by atoms with E-state index in [2.05, 4.69) is 4.99 Å². The molecule has 0 spiro atoms. The molecule has 2 unspecified atom stereocenters. The summed E-state index contributed by atoms with van der Waals surface area (Å²) >= 11 is 0. The number of hydrogen-bond donors (Lipinski definition) is 1. The van der Waals surface area contributed by atoms with Crippen LogP contribution in [0.3, 0.4) is 0 Å². The summed E-state index contributed by atoms with van der Waals surface area (Å²) in [7, 11) is 0. The van der Waals surface area contributed by atoms with Crippen molar-refractivity contribution in [1.29, 1.82) is 0 Å². The van der Waals surface area contributed by atoms with Crippen LogP contribution in [0.4, 0.5) is 0 Å². The van der Waals surface area contributed by atoms with E-state index in [1.807, 2.05) is 0 Å². The summed E-state index contributed by atoms with van der Waals surface area (Å²) in [5.41, 5.74) is 0.933. The molecule has 0 saturated carbocycles. The topological polar surface area (TPSA) is 49.7 Å². The highest BCUT2D eigenvalue weighted by Gasteiger charge is 2.20. The third-order valence-corrected chi connectivity index (χ3v) is 2.08.